The molecule has 0 unspecified atom stereocenters. The average molecular weight is 411 g/mol. The van der Waals surface area contributed by atoms with Gasteiger partial charge in [0.05, 0.1) is 0 Å². The van der Waals surface area contributed by atoms with Crippen molar-refractivity contribution in [1.29, 1.82) is 0 Å². The Morgan fingerprint density at radius 2 is 1.03 bits per heavy atom. The predicted molar refractivity (Wildman–Crippen MR) is 141 cm³/mol. The van der Waals surface area contributed by atoms with Crippen molar-refractivity contribution in [3.05, 3.63) is 127 Å². The maximum absolute atomic E-state index is 2.27. The van der Waals surface area contributed by atoms with Gasteiger partial charge >= 0.3 is 0 Å². The Balaban J connectivity index is 1.96. The molecule has 0 aliphatic heterocycles. The van der Waals surface area contributed by atoms with Gasteiger partial charge in [-0.05, 0) is 68.8 Å². The van der Waals surface area contributed by atoms with E-state index < -0.39 is 0 Å². The molecule has 5 rings (SSSR count). The van der Waals surface area contributed by atoms with Crippen molar-refractivity contribution in [3.63, 3.8) is 0 Å². The zero-order valence-electron chi connectivity index (χ0n) is 18.5. The Bertz CT molecular complexity index is 1410. The van der Waals surface area contributed by atoms with Crippen LogP contribution in [-0.4, -0.2) is 0 Å². The molecule has 0 N–H and O–H groups in total. The van der Waals surface area contributed by atoms with Crippen LogP contribution in [0.5, 0.6) is 0 Å². The monoisotopic (exact) mass is 410 g/mol. The van der Waals surface area contributed by atoms with Gasteiger partial charge in [0.2, 0.25) is 0 Å². The van der Waals surface area contributed by atoms with E-state index in [4.69, 9.17) is 0 Å². The van der Waals surface area contributed by atoms with Gasteiger partial charge < -0.3 is 0 Å². The van der Waals surface area contributed by atoms with Crippen molar-refractivity contribution >= 4 is 27.1 Å². The first-order chi connectivity index (χ1) is 15.8. The molecule has 0 bridgehead atoms. The quantitative estimate of drug-likeness (QED) is 0.204. The standard InChI is InChI=1S/C32H26/c1-3-14-23(4-2)25-17-8-9-18-26(25)32-29-21-12-10-19-27(29)31(24-15-6-5-7-16-24)28-20-11-13-22-30(28)32/h3-22H,1-2H3/b14-3-,23-4+. The minimum absolute atomic E-state index is 1.24. The smallest absolute Gasteiger partial charge is 0.00201 e. The second-order valence-electron chi connectivity index (χ2n) is 8.00. The van der Waals surface area contributed by atoms with Gasteiger partial charge in [-0.15, -0.1) is 0 Å². The Morgan fingerprint density at radius 3 is 1.59 bits per heavy atom. The van der Waals surface area contributed by atoms with Crippen LogP contribution in [0.25, 0.3) is 49.4 Å². The summed E-state index contributed by atoms with van der Waals surface area (Å²) in [7, 11) is 0. The fourth-order valence-corrected chi connectivity index (χ4v) is 4.81. The van der Waals surface area contributed by atoms with E-state index in [2.05, 4.69) is 135 Å². The van der Waals surface area contributed by atoms with Crippen molar-refractivity contribution < 1.29 is 0 Å². The third kappa shape index (κ3) is 3.35. The molecule has 0 saturated heterocycles. The van der Waals surface area contributed by atoms with Crippen LogP contribution in [0.2, 0.25) is 0 Å². The number of hydrogen-bond acceptors (Lipinski definition) is 0. The largest absolute Gasteiger partial charge is 0.0871 e. The summed E-state index contributed by atoms with van der Waals surface area (Å²) in [5.41, 5.74) is 7.63. The zero-order valence-corrected chi connectivity index (χ0v) is 18.5. The molecule has 0 heteroatoms. The predicted octanol–water partition coefficient (Wildman–Crippen LogP) is 9.31. The summed E-state index contributed by atoms with van der Waals surface area (Å²) in [5.74, 6) is 0. The molecule has 0 radical (unpaired) electrons. The van der Waals surface area contributed by atoms with E-state index in [1.807, 2.05) is 0 Å². The van der Waals surface area contributed by atoms with Gasteiger partial charge in [0.15, 0.2) is 0 Å². The number of fused-ring (bicyclic) bond motifs is 2. The Morgan fingerprint density at radius 1 is 0.531 bits per heavy atom. The first-order valence-corrected chi connectivity index (χ1v) is 11.2. The van der Waals surface area contributed by atoms with E-state index in [0.29, 0.717) is 0 Å². The average Bonchev–Trinajstić information content (AvgIpc) is 2.86. The molecule has 154 valence electrons. The third-order valence-corrected chi connectivity index (χ3v) is 6.16. The molecule has 0 aliphatic carbocycles. The van der Waals surface area contributed by atoms with Crippen molar-refractivity contribution in [2.24, 2.45) is 0 Å². The lowest BCUT2D eigenvalue weighted by atomic mass is 9.84. The molecule has 5 aromatic rings. The summed E-state index contributed by atoms with van der Waals surface area (Å²) in [6, 6.07) is 37.2. The lowest BCUT2D eigenvalue weighted by molar-refractivity contribution is 1.57. The molecule has 0 spiro atoms. The van der Waals surface area contributed by atoms with Crippen LogP contribution in [0.3, 0.4) is 0 Å². The molecule has 0 saturated carbocycles. The lowest BCUT2D eigenvalue weighted by Gasteiger charge is -2.19. The Labute approximate surface area is 190 Å². The summed E-state index contributed by atoms with van der Waals surface area (Å²) in [4.78, 5) is 0. The molecule has 32 heavy (non-hydrogen) atoms. The molecule has 0 heterocycles. The molecular weight excluding hydrogens is 384 g/mol. The van der Waals surface area contributed by atoms with Crippen molar-refractivity contribution in [3.8, 4) is 22.3 Å². The molecule has 5 aromatic carbocycles. The van der Waals surface area contributed by atoms with Gasteiger partial charge in [-0.25, -0.2) is 0 Å². The molecule has 0 amide bonds. The van der Waals surface area contributed by atoms with Gasteiger partial charge in [-0.3, -0.25) is 0 Å². The van der Waals surface area contributed by atoms with E-state index in [1.165, 1.54) is 54.9 Å². The van der Waals surface area contributed by atoms with Crippen LogP contribution < -0.4 is 0 Å². The lowest BCUT2D eigenvalue weighted by Crippen LogP contribution is -1.93. The zero-order chi connectivity index (χ0) is 21.9. The SMILES string of the molecule is C/C=C\C(=C/C)c1ccccc1-c1c2ccccc2c(-c2ccccc2)c2ccccc12. The summed E-state index contributed by atoms with van der Waals surface area (Å²) >= 11 is 0. The van der Waals surface area contributed by atoms with Crippen LogP contribution in [-0.2, 0) is 0 Å². The number of hydrogen-bond donors (Lipinski definition) is 0. The van der Waals surface area contributed by atoms with Crippen LogP contribution in [0.15, 0.2) is 121 Å². The first-order valence-electron chi connectivity index (χ1n) is 11.2. The molecule has 0 aliphatic rings. The van der Waals surface area contributed by atoms with E-state index >= 15 is 0 Å². The van der Waals surface area contributed by atoms with Gasteiger partial charge in [-0.1, -0.05) is 121 Å². The molecule has 0 fully saturated rings. The first kappa shape index (κ1) is 20.0. The summed E-state index contributed by atoms with van der Waals surface area (Å²) < 4.78 is 0. The fraction of sp³-hybridized carbons (Fsp3) is 0.0625. The highest BCUT2D eigenvalue weighted by atomic mass is 14.2. The van der Waals surface area contributed by atoms with Crippen LogP contribution in [0.1, 0.15) is 19.4 Å². The molecule has 0 aromatic heterocycles. The normalized spacial score (nSPS) is 12.1. The summed E-state index contributed by atoms with van der Waals surface area (Å²) in [5, 5.41) is 5.15. The van der Waals surface area contributed by atoms with Gasteiger partial charge in [0.25, 0.3) is 0 Å². The number of rotatable bonds is 4. The maximum Gasteiger partial charge on any atom is -0.00201 e. The van der Waals surface area contributed by atoms with Crippen LogP contribution in [0, 0.1) is 0 Å². The Hall–Kier alpha value is -3.90. The molecule has 0 nitrogen and oxygen atoms in total. The minimum atomic E-state index is 1.24. The van der Waals surface area contributed by atoms with Crippen molar-refractivity contribution in [2.75, 3.05) is 0 Å². The number of allylic oxidation sites excluding steroid dienone is 4. The van der Waals surface area contributed by atoms with Crippen molar-refractivity contribution in [2.45, 2.75) is 13.8 Å². The minimum Gasteiger partial charge on any atom is -0.0871 e. The highest BCUT2D eigenvalue weighted by Crippen LogP contribution is 2.45. The number of benzene rings is 5. The van der Waals surface area contributed by atoms with E-state index in [0.717, 1.165) is 0 Å². The molecular formula is C32H26. The van der Waals surface area contributed by atoms with Gasteiger partial charge in [-0.2, -0.15) is 0 Å². The third-order valence-electron chi connectivity index (χ3n) is 6.16. The highest BCUT2D eigenvalue weighted by Gasteiger charge is 2.18. The van der Waals surface area contributed by atoms with Gasteiger partial charge in [0, 0.05) is 0 Å². The highest BCUT2D eigenvalue weighted by molar-refractivity contribution is 6.22. The second-order valence-corrected chi connectivity index (χ2v) is 8.00. The van der Waals surface area contributed by atoms with Crippen molar-refractivity contribution in [1.82, 2.24) is 0 Å². The topological polar surface area (TPSA) is 0 Å². The summed E-state index contributed by atoms with van der Waals surface area (Å²) in [6.07, 6.45) is 6.50. The van der Waals surface area contributed by atoms with E-state index in [-0.39, 0.29) is 0 Å². The summed E-state index contributed by atoms with van der Waals surface area (Å²) in [6.45, 7) is 4.19. The van der Waals surface area contributed by atoms with Crippen LogP contribution >= 0.6 is 0 Å². The van der Waals surface area contributed by atoms with E-state index in [1.54, 1.807) is 0 Å². The fourth-order valence-electron chi connectivity index (χ4n) is 4.81. The van der Waals surface area contributed by atoms with E-state index in [9.17, 15) is 0 Å². The maximum atomic E-state index is 2.27. The van der Waals surface area contributed by atoms with Crippen LogP contribution in [0.4, 0.5) is 0 Å². The van der Waals surface area contributed by atoms with Gasteiger partial charge in [0.1, 0.15) is 0 Å². The Kier molecular flexibility index (Phi) is 5.44. The molecule has 0 atom stereocenters. The second kappa shape index (κ2) is 8.69.